The Morgan fingerprint density at radius 1 is 1.38 bits per heavy atom. The van der Waals surface area contributed by atoms with Gasteiger partial charge in [0.2, 0.25) is 0 Å². The van der Waals surface area contributed by atoms with E-state index in [9.17, 15) is 9.59 Å². The topological polar surface area (TPSA) is 76.9 Å². The van der Waals surface area contributed by atoms with Crippen LogP contribution in [0.25, 0.3) is 0 Å². The molecule has 0 radical (unpaired) electrons. The number of amides is 1. The quantitative estimate of drug-likeness (QED) is 0.821. The summed E-state index contributed by atoms with van der Waals surface area (Å²) in [5, 5.41) is 2.55. The highest BCUT2D eigenvalue weighted by Gasteiger charge is 2.07. The normalized spacial score (nSPS) is 9.90. The summed E-state index contributed by atoms with van der Waals surface area (Å²) in [5.41, 5.74) is 1.59. The Bertz CT molecular complexity index is 742. The van der Waals surface area contributed by atoms with Gasteiger partial charge in [-0.05, 0) is 13.0 Å². The van der Waals surface area contributed by atoms with Crippen LogP contribution in [-0.4, -0.2) is 27.0 Å². The first-order valence-electron chi connectivity index (χ1n) is 6.30. The number of aromatic nitrogens is 3. The molecular formula is C15H14N4O2. The standard InChI is InChI=1S/C15H14N4O2/c1-3-6-16-15(21)12-4-5-14(20)19(9-12)10-13-8-17-11(2)7-18-13/h1,4-5,7-9H,6,10H2,2H3,(H,16,21). The molecule has 2 rings (SSSR count). The first kappa shape index (κ1) is 14.5. The van der Waals surface area contributed by atoms with E-state index in [0.717, 1.165) is 5.69 Å². The maximum absolute atomic E-state index is 11.8. The highest BCUT2D eigenvalue weighted by atomic mass is 16.2. The van der Waals surface area contributed by atoms with Gasteiger partial charge < -0.3 is 9.88 Å². The molecule has 1 N–H and O–H groups in total. The molecule has 6 nitrogen and oxygen atoms in total. The molecule has 21 heavy (non-hydrogen) atoms. The summed E-state index contributed by atoms with van der Waals surface area (Å²) in [6.07, 6.45) is 9.80. The van der Waals surface area contributed by atoms with Gasteiger partial charge in [-0.15, -0.1) is 6.42 Å². The molecule has 0 fully saturated rings. The van der Waals surface area contributed by atoms with Crippen LogP contribution in [0.5, 0.6) is 0 Å². The minimum absolute atomic E-state index is 0.140. The fourth-order valence-corrected chi connectivity index (χ4v) is 1.70. The molecule has 2 heterocycles. The van der Waals surface area contributed by atoms with Crippen LogP contribution >= 0.6 is 0 Å². The van der Waals surface area contributed by atoms with Gasteiger partial charge in [-0.3, -0.25) is 19.6 Å². The molecule has 6 heteroatoms. The predicted octanol–water partition coefficient (Wildman–Crippen LogP) is 0.358. The number of nitrogens with one attached hydrogen (secondary N) is 1. The molecule has 2 aromatic rings. The number of pyridine rings is 1. The van der Waals surface area contributed by atoms with Crippen molar-refractivity contribution in [3.05, 3.63) is 58.0 Å². The summed E-state index contributed by atoms with van der Waals surface area (Å²) in [4.78, 5) is 32.0. The van der Waals surface area contributed by atoms with E-state index < -0.39 is 0 Å². The van der Waals surface area contributed by atoms with Crippen LogP contribution in [0.1, 0.15) is 21.7 Å². The minimum Gasteiger partial charge on any atom is -0.341 e. The molecule has 0 unspecified atom stereocenters. The van der Waals surface area contributed by atoms with E-state index in [1.807, 2.05) is 6.92 Å². The lowest BCUT2D eigenvalue weighted by Gasteiger charge is -2.07. The lowest BCUT2D eigenvalue weighted by Crippen LogP contribution is -2.27. The van der Waals surface area contributed by atoms with Crippen molar-refractivity contribution in [1.29, 1.82) is 0 Å². The fourth-order valence-electron chi connectivity index (χ4n) is 1.70. The fraction of sp³-hybridized carbons (Fsp3) is 0.200. The molecule has 0 aliphatic heterocycles. The summed E-state index contributed by atoms with van der Waals surface area (Å²) in [6, 6.07) is 2.80. The van der Waals surface area contributed by atoms with E-state index in [1.165, 1.54) is 22.9 Å². The third-order valence-corrected chi connectivity index (χ3v) is 2.76. The number of hydrogen-bond donors (Lipinski definition) is 1. The maximum atomic E-state index is 11.8. The first-order valence-corrected chi connectivity index (χ1v) is 6.30. The zero-order valence-corrected chi connectivity index (χ0v) is 11.5. The van der Waals surface area contributed by atoms with Crippen molar-refractivity contribution < 1.29 is 4.79 Å². The Balaban J connectivity index is 2.23. The molecule has 0 saturated heterocycles. The highest BCUT2D eigenvalue weighted by Crippen LogP contribution is 2.00. The van der Waals surface area contributed by atoms with Crippen LogP contribution in [-0.2, 0) is 6.54 Å². The number of nitrogens with zero attached hydrogens (tertiary/aromatic N) is 3. The van der Waals surface area contributed by atoms with E-state index in [4.69, 9.17) is 6.42 Å². The molecule has 0 aromatic carbocycles. The summed E-state index contributed by atoms with van der Waals surface area (Å²) in [5.74, 6) is 2.00. The van der Waals surface area contributed by atoms with Crippen molar-refractivity contribution in [2.75, 3.05) is 6.54 Å². The van der Waals surface area contributed by atoms with Crippen molar-refractivity contribution in [3.63, 3.8) is 0 Å². The van der Waals surface area contributed by atoms with Gasteiger partial charge in [0.1, 0.15) is 0 Å². The third kappa shape index (κ3) is 3.76. The maximum Gasteiger partial charge on any atom is 0.253 e. The van der Waals surface area contributed by atoms with Gasteiger partial charge in [0, 0.05) is 18.5 Å². The Kier molecular flexibility index (Phi) is 4.46. The van der Waals surface area contributed by atoms with Crippen molar-refractivity contribution in [3.8, 4) is 12.3 Å². The monoisotopic (exact) mass is 282 g/mol. The van der Waals surface area contributed by atoms with Gasteiger partial charge >= 0.3 is 0 Å². The Morgan fingerprint density at radius 3 is 2.86 bits per heavy atom. The SMILES string of the molecule is C#CCNC(=O)c1ccc(=O)n(Cc2cnc(C)cn2)c1. The Hall–Kier alpha value is -2.94. The van der Waals surface area contributed by atoms with Crippen molar-refractivity contribution in [2.45, 2.75) is 13.5 Å². The largest absolute Gasteiger partial charge is 0.341 e. The molecule has 0 aliphatic carbocycles. The minimum atomic E-state index is -0.323. The molecule has 106 valence electrons. The second-order valence-corrected chi connectivity index (χ2v) is 4.42. The average molecular weight is 282 g/mol. The number of carbonyl (C=O) groups is 1. The third-order valence-electron chi connectivity index (χ3n) is 2.76. The van der Waals surface area contributed by atoms with E-state index >= 15 is 0 Å². The first-order chi connectivity index (χ1) is 10.1. The zero-order valence-electron chi connectivity index (χ0n) is 11.5. The molecule has 2 aromatic heterocycles. The van der Waals surface area contributed by atoms with Gasteiger partial charge in [-0.2, -0.15) is 0 Å². The smallest absolute Gasteiger partial charge is 0.253 e. The molecule has 0 bridgehead atoms. The molecule has 0 saturated carbocycles. The summed E-state index contributed by atoms with van der Waals surface area (Å²) in [7, 11) is 0. The zero-order chi connectivity index (χ0) is 15.2. The van der Waals surface area contributed by atoms with E-state index in [1.54, 1.807) is 12.4 Å². The van der Waals surface area contributed by atoms with Crippen LogP contribution in [0.15, 0.2) is 35.5 Å². The van der Waals surface area contributed by atoms with Gasteiger partial charge in [0.05, 0.1) is 36.2 Å². The summed E-state index contributed by atoms with van der Waals surface area (Å²) in [6.45, 7) is 2.23. The second-order valence-electron chi connectivity index (χ2n) is 4.42. The highest BCUT2D eigenvalue weighted by molar-refractivity contribution is 5.93. The molecule has 0 atom stereocenters. The van der Waals surface area contributed by atoms with Crippen LogP contribution < -0.4 is 10.9 Å². The lowest BCUT2D eigenvalue weighted by molar-refractivity contribution is 0.0958. The molecule has 0 spiro atoms. The average Bonchev–Trinajstić information content (AvgIpc) is 2.49. The summed E-state index contributed by atoms with van der Waals surface area (Å²) >= 11 is 0. The van der Waals surface area contributed by atoms with Crippen molar-refractivity contribution in [1.82, 2.24) is 19.9 Å². The van der Waals surface area contributed by atoms with E-state index in [-0.39, 0.29) is 24.6 Å². The lowest BCUT2D eigenvalue weighted by atomic mass is 10.2. The van der Waals surface area contributed by atoms with E-state index in [0.29, 0.717) is 11.3 Å². The predicted molar refractivity (Wildman–Crippen MR) is 77.7 cm³/mol. The molecule has 1 amide bonds. The molecule has 0 aliphatic rings. The second kappa shape index (κ2) is 6.48. The van der Waals surface area contributed by atoms with E-state index in [2.05, 4.69) is 21.2 Å². The Morgan fingerprint density at radius 2 is 2.19 bits per heavy atom. The summed E-state index contributed by atoms with van der Waals surface area (Å²) < 4.78 is 1.41. The number of terminal acetylenes is 1. The Labute approximate surface area is 121 Å². The van der Waals surface area contributed by atoms with Gasteiger partial charge in [-0.25, -0.2) is 0 Å². The van der Waals surface area contributed by atoms with Gasteiger partial charge in [0.15, 0.2) is 0 Å². The van der Waals surface area contributed by atoms with Crippen LogP contribution in [0, 0.1) is 19.3 Å². The van der Waals surface area contributed by atoms with Crippen molar-refractivity contribution in [2.24, 2.45) is 0 Å². The van der Waals surface area contributed by atoms with Gasteiger partial charge in [0.25, 0.3) is 11.5 Å². The van der Waals surface area contributed by atoms with Crippen LogP contribution in [0.2, 0.25) is 0 Å². The number of rotatable bonds is 4. The van der Waals surface area contributed by atoms with Crippen LogP contribution in [0.4, 0.5) is 0 Å². The van der Waals surface area contributed by atoms with Gasteiger partial charge in [-0.1, -0.05) is 5.92 Å². The number of aryl methyl sites for hydroxylation is 1. The number of carbonyl (C=O) groups excluding carboxylic acids is 1. The van der Waals surface area contributed by atoms with Crippen molar-refractivity contribution >= 4 is 5.91 Å². The van der Waals surface area contributed by atoms with Crippen LogP contribution in [0.3, 0.4) is 0 Å². The number of hydrogen-bond acceptors (Lipinski definition) is 4. The molecular weight excluding hydrogens is 268 g/mol.